The molecule has 0 atom stereocenters. The average Bonchev–Trinajstić information content (AvgIpc) is 3.51. The Morgan fingerprint density at radius 2 is 1.79 bits per heavy atom. The van der Waals surface area contributed by atoms with Crippen molar-refractivity contribution in [1.82, 2.24) is 30.2 Å². The molecule has 9 nitrogen and oxygen atoms in total. The van der Waals surface area contributed by atoms with Gasteiger partial charge in [0.2, 0.25) is 5.91 Å². The number of ether oxygens (including phenoxy) is 1. The highest BCUT2D eigenvalue weighted by Gasteiger charge is 2.16. The Morgan fingerprint density at radius 3 is 2.58 bits per heavy atom. The van der Waals surface area contributed by atoms with Crippen molar-refractivity contribution in [3.05, 3.63) is 84.4 Å². The van der Waals surface area contributed by atoms with Crippen molar-refractivity contribution in [3.63, 3.8) is 0 Å². The third kappa shape index (κ3) is 5.07. The van der Waals surface area contributed by atoms with Gasteiger partial charge in [-0.1, -0.05) is 30.0 Å². The number of nitrogens with zero attached hydrogens (tertiary/aromatic N) is 4. The Hall–Kier alpha value is -4.05. The van der Waals surface area contributed by atoms with Gasteiger partial charge in [-0.3, -0.25) is 25.0 Å². The summed E-state index contributed by atoms with van der Waals surface area (Å²) in [6, 6.07) is 18.4. The van der Waals surface area contributed by atoms with Gasteiger partial charge in [-0.15, -0.1) is 10.2 Å². The van der Waals surface area contributed by atoms with Crippen LogP contribution in [0, 0.1) is 6.92 Å². The first-order chi connectivity index (χ1) is 16.1. The molecule has 0 bridgehead atoms. The normalized spacial score (nSPS) is 10.6. The molecule has 168 valence electrons. The van der Waals surface area contributed by atoms with Crippen LogP contribution in [0.25, 0.3) is 11.4 Å². The summed E-state index contributed by atoms with van der Waals surface area (Å²) >= 11 is 1.21. The fourth-order valence-corrected chi connectivity index (χ4v) is 4.03. The standard InChI is InChI=1S/C23H22N6O3S/c1-16-24-27-23(29(16)17-8-7-9-18(14-17)32-2)33-15-21(30)25-26-22(31)19-10-3-4-11-20(19)28-12-5-6-13-28/h3-14H,15H2,1-2H3,(H,25,30)(H,26,31). The highest BCUT2D eigenvalue weighted by atomic mass is 32.2. The number of hydrogen-bond donors (Lipinski definition) is 2. The number of carbonyl (C=O) groups excluding carboxylic acids is 2. The number of amides is 2. The van der Waals surface area contributed by atoms with Gasteiger partial charge in [0.15, 0.2) is 5.16 Å². The average molecular weight is 463 g/mol. The lowest BCUT2D eigenvalue weighted by molar-refractivity contribution is -0.119. The zero-order valence-corrected chi connectivity index (χ0v) is 18.9. The number of hydrogen-bond acceptors (Lipinski definition) is 6. The van der Waals surface area contributed by atoms with Crippen LogP contribution in [0.3, 0.4) is 0 Å². The third-order valence-corrected chi connectivity index (χ3v) is 5.71. The molecule has 0 spiro atoms. The van der Waals surface area contributed by atoms with Gasteiger partial charge in [0, 0.05) is 18.5 Å². The number of benzene rings is 2. The highest BCUT2D eigenvalue weighted by Crippen LogP contribution is 2.24. The lowest BCUT2D eigenvalue weighted by Gasteiger charge is -2.12. The largest absolute Gasteiger partial charge is 0.497 e. The Labute approximate surface area is 194 Å². The van der Waals surface area contributed by atoms with E-state index in [-0.39, 0.29) is 11.7 Å². The Kier molecular flexibility index (Phi) is 6.75. The maximum Gasteiger partial charge on any atom is 0.271 e. The first-order valence-corrected chi connectivity index (χ1v) is 11.1. The number of hydrazine groups is 1. The summed E-state index contributed by atoms with van der Waals surface area (Å²) < 4.78 is 8.96. The van der Waals surface area contributed by atoms with Crippen molar-refractivity contribution in [1.29, 1.82) is 0 Å². The Bertz CT molecular complexity index is 1270. The number of rotatable bonds is 7. The minimum atomic E-state index is -0.409. The topological polar surface area (TPSA) is 103 Å². The van der Waals surface area contributed by atoms with Crippen LogP contribution in [0.5, 0.6) is 5.75 Å². The maximum absolute atomic E-state index is 12.7. The van der Waals surface area contributed by atoms with Crippen molar-refractivity contribution in [3.8, 4) is 17.1 Å². The monoisotopic (exact) mass is 462 g/mol. The molecule has 0 radical (unpaired) electrons. The van der Waals surface area contributed by atoms with E-state index in [0.29, 0.717) is 28.0 Å². The fourth-order valence-electron chi connectivity index (χ4n) is 3.23. The van der Waals surface area contributed by atoms with E-state index in [0.717, 1.165) is 5.69 Å². The lowest BCUT2D eigenvalue weighted by atomic mass is 10.1. The summed E-state index contributed by atoms with van der Waals surface area (Å²) in [5.41, 5.74) is 6.92. The molecule has 2 N–H and O–H groups in total. The summed E-state index contributed by atoms with van der Waals surface area (Å²) in [5.74, 6) is 0.651. The van der Waals surface area contributed by atoms with Crippen LogP contribution < -0.4 is 15.6 Å². The van der Waals surface area contributed by atoms with Gasteiger partial charge in [0.25, 0.3) is 5.91 Å². The van der Waals surface area contributed by atoms with Gasteiger partial charge in [-0.05, 0) is 43.3 Å². The lowest BCUT2D eigenvalue weighted by Crippen LogP contribution is -2.42. The molecule has 2 heterocycles. The molecule has 33 heavy (non-hydrogen) atoms. The zero-order valence-electron chi connectivity index (χ0n) is 18.1. The molecular weight excluding hydrogens is 440 g/mol. The predicted molar refractivity (Wildman–Crippen MR) is 125 cm³/mol. The molecule has 2 aromatic carbocycles. The van der Waals surface area contributed by atoms with Crippen molar-refractivity contribution in [2.45, 2.75) is 12.1 Å². The number of aryl methyl sites for hydroxylation is 1. The zero-order chi connectivity index (χ0) is 23.2. The number of para-hydroxylation sites is 1. The van der Waals surface area contributed by atoms with Gasteiger partial charge in [0.1, 0.15) is 11.6 Å². The maximum atomic E-state index is 12.7. The van der Waals surface area contributed by atoms with Crippen LogP contribution in [-0.4, -0.2) is 44.0 Å². The van der Waals surface area contributed by atoms with E-state index in [1.807, 2.05) is 77.0 Å². The van der Waals surface area contributed by atoms with Crippen LogP contribution in [-0.2, 0) is 4.79 Å². The molecule has 0 aliphatic carbocycles. The van der Waals surface area contributed by atoms with E-state index in [9.17, 15) is 9.59 Å². The highest BCUT2D eigenvalue weighted by molar-refractivity contribution is 7.99. The first kappa shape index (κ1) is 22.2. The van der Waals surface area contributed by atoms with Gasteiger partial charge in [0.05, 0.1) is 29.8 Å². The van der Waals surface area contributed by atoms with E-state index < -0.39 is 5.91 Å². The van der Waals surface area contributed by atoms with Gasteiger partial charge < -0.3 is 9.30 Å². The van der Waals surface area contributed by atoms with Crippen molar-refractivity contribution in [2.75, 3.05) is 12.9 Å². The quantitative estimate of drug-likeness (QED) is 0.323. The number of aromatic nitrogens is 4. The predicted octanol–water partition coefficient (Wildman–Crippen LogP) is 2.93. The molecule has 0 saturated heterocycles. The number of thioether (sulfide) groups is 1. The summed E-state index contributed by atoms with van der Waals surface area (Å²) in [6.07, 6.45) is 3.70. The van der Waals surface area contributed by atoms with E-state index >= 15 is 0 Å². The fraction of sp³-hybridized carbons (Fsp3) is 0.130. The minimum Gasteiger partial charge on any atom is -0.497 e. The Balaban J connectivity index is 1.38. The van der Waals surface area contributed by atoms with Gasteiger partial charge in [-0.25, -0.2) is 0 Å². The number of nitrogens with one attached hydrogen (secondary N) is 2. The summed E-state index contributed by atoms with van der Waals surface area (Å²) in [5, 5.41) is 8.85. The third-order valence-electron chi connectivity index (χ3n) is 4.79. The summed E-state index contributed by atoms with van der Waals surface area (Å²) in [6.45, 7) is 1.83. The molecule has 4 rings (SSSR count). The number of carbonyl (C=O) groups is 2. The molecule has 0 unspecified atom stereocenters. The van der Waals surface area contributed by atoms with Crippen LogP contribution in [0.15, 0.2) is 78.2 Å². The summed E-state index contributed by atoms with van der Waals surface area (Å²) in [4.78, 5) is 25.0. The molecule has 0 fully saturated rings. The van der Waals surface area contributed by atoms with E-state index in [2.05, 4.69) is 21.0 Å². The second-order valence-electron chi connectivity index (χ2n) is 6.97. The molecule has 4 aromatic rings. The van der Waals surface area contributed by atoms with Crippen molar-refractivity contribution in [2.24, 2.45) is 0 Å². The second-order valence-corrected chi connectivity index (χ2v) is 7.91. The smallest absolute Gasteiger partial charge is 0.271 e. The van der Waals surface area contributed by atoms with Crippen molar-refractivity contribution >= 4 is 23.6 Å². The van der Waals surface area contributed by atoms with Gasteiger partial charge in [-0.2, -0.15) is 0 Å². The second kappa shape index (κ2) is 10.0. The molecule has 2 aromatic heterocycles. The Morgan fingerprint density at radius 1 is 1.00 bits per heavy atom. The van der Waals surface area contributed by atoms with Gasteiger partial charge >= 0.3 is 0 Å². The van der Waals surface area contributed by atoms with Crippen molar-refractivity contribution < 1.29 is 14.3 Å². The van der Waals surface area contributed by atoms with Crippen LogP contribution >= 0.6 is 11.8 Å². The van der Waals surface area contributed by atoms with Crippen LogP contribution in [0.4, 0.5) is 0 Å². The van der Waals surface area contributed by atoms with E-state index in [1.54, 1.807) is 19.2 Å². The number of methoxy groups -OCH3 is 1. The van der Waals surface area contributed by atoms with E-state index in [1.165, 1.54) is 11.8 Å². The first-order valence-electron chi connectivity index (χ1n) is 10.1. The minimum absolute atomic E-state index is 0.0433. The van der Waals surface area contributed by atoms with Crippen LogP contribution in [0.1, 0.15) is 16.2 Å². The molecular formula is C23H22N6O3S. The van der Waals surface area contributed by atoms with E-state index in [4.69, 9.17) is 4.74 Å². The molecule has 0 aliphatic heterocycles. The molecule has 0 saturated carbocycles. The molecule has 2 amide bonds. The molecule has 0 aliphatic rings. The summed E-state index contributed by atoms with van der Waals surface area (Å²) in [7, 11) is 1.60. The SMILES string of the molecule is COc1cccc(-n2c(C)nnc2SCC(=O)NNC(=O)c2ccccc2-n2cccc2)c1. The molecule has 10 heteroatoms. The van der Waals surface area contributed by atoms with Crippen LogP contribution in [0.2, 0.25) is 0 Å².